The molecule has 0 radical (unpaired) electrons. The Bertz CT molecular complexity index is 1070. The third-order valence-corrected chi connectivity index (χ3v) is 6.80. The Morgan fingerprint density at radius 1 is 1.06 bits per heavy atom. The first-order valence-electron chi connectivity index (χ1n) is 11.8. The lowest BCUT2D eigenvalue weighted by Gasteiger charge is -2.26. The SMILES string of the molecule is COc1ccc(C2=NN(C(=O)CN(C)C(=O)C3CCCC3)[C@H](c3ccc(C)cc3)C2)c(OC)c1. The topological polar surface area (TPSA) is 71.4 Å². The smallest absolute Gasteiger partial charge is 0.262 e. The van der Waals surface area contributed by atoms with Gasteiger partial charge < -0.3 is 14.4 Å². The minimum absolute atomic E-state index is 0.00816. The second-order valence-electron chi connectivity index (χ2n) is 9.16. The van der Waals surface area contributed by atoms with Gasteiger partial charge in [-0.05, 0) is 37.5 Å². The number of likely N-dealkylation sites (N-methyl/N-ethyl adjacent to an activating group) is 1. The quantitative estimate of drug-likeness (QED) is 0.613. The lowest BCUT2D eigenvalue weighted by atomic mass is 9.97. The number of hydrogen-bond donors (Lipinski definition) is 0. The normalized spacial score (nSPS) is 18.1. The molecule has 34 heavy (non-hydrogen) atoms. The van der Waals surface area contributed by atoms with E-state index in [2.05, 4.69) is 0 Å². The second kappa shape index (κ2) is 10.3. The number of aryl methyl sites for hydroxylation is 1. The van der Waals surface area contributed by atoms with Crippen molar-refractivity contribution < 1.29 is 19.1 Å². The van der Waals surface area contributed by atoms with Crippen LogP contribution in [0.3, 0.4) is 0 Å². The van der Waals surface area contributed by atoms with Crippen LogP contribution in [0.5, 0.6) is 11.5 Å². The Labute approximate surface area is 201 Å². The Morgan fingerprint density at radius 2 is 1.76 bits per heavy atom. The molecule has 0 saturated heterocycles. The fraction of sp³-hybridized carbons (Fsp3) is 0.444. The van der Waals surface area contributed by atoms with E-state index in [1.54, 1.807) is 31.2 Å². The average molecular weight is 464 g/mol. The fourth-order valence-corrected chi connectivity index (χ4v) is 4.83. The van der Waals surface area contributed by atoms with Gasteiger partial charge in [-0.2, -0.15) is 5.10 Å². The molecule has 1 saturated carbocycles. The van der Waals surface area contributed by atoms with E-state index in [0.29, 0.717) is 17.9 Å². The van der Waals surface area contributed by atoms with E-state index in [4.69, 9.17) is 14.6 Å². The van der Waals surface area contributed by atoms with Gasteiger partial charge >= 0.3 is 0 Å². The molecular weight excluding hydrogens is 430 g/mol. The molecule has 0 N–H and O–H groups in total. The van der Waals surface area contributed by atoms with Gasteiger partial charge in [0.25, 0.3) is 5.91 Å². The Morgan fingerprint density at radius 3 is 2.41 bits per heavy atom. The molecule has 0 bridgehead atoms. The minimum atomic E-state index is -0.245. The lowest BCUT2D eigenvalue weighted by molar-refractivity contribution is -0.142. The molecule has 7 heteroatoms. The molecular formula is C27H33N3O4. The van der Waals surface area contributed by atoms with Gasteiger partial charge in [0.15, 0.2) is 0 Å². The third-order valence-electron chi connectivity index (χ3n) is 6.80. The number of amides is 2. The molecule has 1 fully saturated rings. The Hall–Kier alpha value is -3.35. The van der Waals surface area contributed by atoms with Crippen molar-refractivity contribution in [1.29, 1.82) is 0 Å². The van der Waals surface area contributed by atoms with Crippen LogP contribution in [0.15, 0.2) is 47.6 Å². The monoisotopic (exact) mass is 463 g/mol. The number of nitrogens with zero attached hydrogens (tertiary/aromatic N) is 3. The standard InChI is InChI=1S/C27H33N3O4/c1-18-9-11-19(12-10-18)24-16-23(22-14-13-21(33-3)15-25(22)34-4)28-30(24)26(31)17-29(2)27(32)20-7-5-6-8-20/h9-15,20,24H,5-8,16-17H2,1-4H3/t24-/m0/s1. The second-order valence-corrected chi connectivity index (χ2v) is 9.16. The highest BCUT2D eigenvalue weighted by molar-refractivity contribution is 6.05. The molecule has 1 aliphatic heterocycles. The summed E-state index contributed by atoms with van der Waals surface area (Å²) in [6.45, 7) is 2.04. The van der Waals surface area contributed by atoms with Crippen LogP contribution >= 0.6 is 0 Å². The van der Waals surface area contributed by atoms with Gasteiger partial charge in [-0.3, -0.25) is 9.59 Å². The predicted octanol–water partition coefficient (Wildman–Crippen LogP) is 4.34. The number of benzene rings is 2. The van der Waals surface area contributed by atoms with Crippen LogP contribution in [0.4, 0.5) is 0 Å². The zero-order valence-corrected chi connectivity index (χ0v) is 20.4. The molecule has 180 valence electrons. The third kappa shape index (κ3) is 4.93. The number of carbonyl (C=O) groups excluding carboxylic acids is 2. The van der Waals surface area contributed by atoms with Crippen molar-refractivity contribution in [2.75, 3.05) is 27.8 Å². The fourth-order valence-electron chi connectivity index (χ4n) is 4.83. The highest BCUT2D eigenvalue weighted by atomic mass is 16.5. The van der Waals surface area contributed by atoms with Crippen LogP contribution in [0, 0.1) is 12.8 Å². The summed E-state index contributed by atoms with van der Waals surface area (Å²) in [5.74, 6) is 1.23. The van der Waals surface area contributed by atoms with Crippen molar-refractivity contribution in [1.82, 2.24) is 9.91 Å². The first-order valence-corrected chi connectivity index (χ1v) is 11.8. The van der Waals surface area contributed by atoms with Crippen molar-refractivity contribution >= 4 is 17.5 Å². The Balaban J connectivity index is 1.61. The summed E-state index contributed by atoms with van der Waals surface area (Å²) in [5, 5.41) is 6.30. The first-order chi connectivity index (χ1) is 16.4. The maximum absolute atomic E-state index is 13.4. The maximum Gasteiger partial charge on any atom is 0.262 e. The number of hydrazone groups is 1. The highest BCUT2D eigenvalue weighted by Crippen LogP contribution is 2.36. The van der Waals surface area contributed by atoms with Crippen LogP contribution in [-0.2, 0) is 9.59 Å². The molecule has 2 aromatic carbocycles. The van der Waals surface area contributed by atoms with Gasteiger partial charge in [-0.1, -0.05) is 42.7 Å². The summed E-state index contributed by atoms with van der Waals surface area (Å²) in [6, 6.07) is 13.5. The van der Waals surface area contributed by atoms with Crippen molar-refractivity contribution in [2.24, 2.45) is 11.0 Å². The van der Waals surface area contributed by atoms with Gasteiger partial charge in [0, 0.05) is 31.0 Å². The molecule has 2 amide bonds. The molecule has 0 spiro atoms. The van der Waals surface area contributed by atoms with Gasteiger partial charge in [-0.25, -0.2) is 5.01 Å². The number of methoxy groups -OCH3 is 2. The first kappa shape index (κ1) is 23.8. The lowest BCUT2D eigenvalue weighted by Crippen LogP contribution is -2.41. The molecule has 0 unspecified atom stereocenters. The largest absolute Gasteiger partial charge is 0.497 e. The van der Waals surface area contributed by atoms with Crippen LogP contribution in [-0.4, -0.2) is 55.2 Å². The molecule has 0 aromatic heterocycles. The summed E-state index contributed by atoms with van der Waals surface area (Å²) in [7, 11) is 4.93. The number of carbonyl (C=O) groups is 2. The van der Waals surface area contributed by atoms with E-state index in [1.807, 2.05) is 49.4 Å². The molecule has 2 aromatic rings. The minimum Gasteiger partial charge on any atom is -0.497 e. The number of rotatable bonds is 7. The van der Waals surface area contributed by atoms with Crippen molar-refractivity contribution in [3.63, 3.8) is 0 Å². The predicted molar refractivity (Wildman–Crippen MR) is 131 cm³/mol. The van der Waals surface area contributed by atoms with E-state index in [1.165, 1.54) is 0 Å². The molecule has 2 aliphatic rings. The van der Waals surface area contributed by atoms with Crippen LogP contribution < -0.4 is 9.47 Å². The van der Waals surface area contributed by atoms with Gasteiger partial charge in [0.1, 0.15) is 18.0 Å². The summed E-state index contributed by atoms with van der Waals surface area (Å²) < 4.78 is 10.9. The van der Waals surface area contributed by atoms with Gasteiger partial charge in [0.05, 0.1) is 26.0 Å². The van der Waals surface area contributed by atoms with Crippen molar-refractivity contribution in [3.8, 4) is 11.5 Å². The van der Waals surface area contributed by atoms with Crippen LogP contribution in [0.2, 0.25) is 0 Å². The molecule has 1 aliphatic carbocycles. The molecule has 7 nitrogen and oxygen atoms in total. The van der Waals surface area contributed by atoms with E-state index in [9.17, 15) is 9.59 Å². The maximum atomic E-state index is 13.4. The summed E-state index contributed by atoms with van der Waals surface area (Å²) >= 11 is 0. The summed E-state index contributed by atoms with van der Waals surface area (Å²) in [5.41, 5.74) is 3.75. The zero-order valence-electron chi connectivity index (χ0n) is 20.4. The molecule has 1 heterocycles. The zero-order chi connectivity index (χ0) is 24.2. The number of hydrogen-bond acceptors (Lipinski definition) is 5. The van der Waals surface area contributed by atoms with Crippen LogP contribution in [0.1, 0.15) is 54.8 Å². The van der Waals surface area contributed by atoms with E-state index >= 15 is 0 Å². The van der Waals surface area contributed by atoms with E-state index in [0.717, 1.165) is 48.1 Å². The highest BCUT2D eigenvalue weighted by Gasteiger charge is 2.35. The molecule has 1 atom stereocenters. The van der Waals surface area contributed by atoms with E-state index in [-0.39, 0.29) is 30.3 Å². The molecule has 4 rings (SSSR count). The van der Waals surface area contributed by atoms with Crippen molar-refractivity contribution in [2.45, 2.75) is 45.1 Å². The van der Waals surface area contributed by atoms with Crippen molar-refractivity contribution in [3.05, 3.63) is 59.2 Å². The van der Waals surface area contributed by atoms with Crippen LogP contribution in [0.25, 0.3) is 0 Å². The van der Waals surface area contributed by atoms with Gasteiger partial charge in [-0.15, -0.1) is 0 Å². The van der Waals surface area contributed by atoms with E-state index < -0.39 is 0 Å². The van der Waals surface area contributed by atoms with Gasteiger partial charge in [0.2, 0.25) is 5.91 Å². The average Bonchev–Trinajstić information content (AvgIpc) is 3.54. The number of ether oxygens (including phenoxy) is 2. The Kier molecular flexibility index (Phi) is 7.20. The summed E-state index contributed by atoms with van der Waals surface area (Å²) in [6.07, 6.45) is 4.53. The summed E-state index contributed by atoms with van der Waals surface area (Å²) in [4.78, 5) is 27.8.